The van der Waals surface area contributed by atoms with Crippen molar-refractivity contribution in [1.82, 2.24) is 4.57 Å². The Kier molecular flexibility index (Phi) is 2.14. The largest absolute Gasteiger partial charge is 0.494 e. The number of aromatic nitrogens is 1. The van der Waals surface area contributed by atoms with Crippen molar-refractivity contribution in [2.75, 3.05) is 0 Å². The van der Waals surface area contributed by atoms with Crippen molar-refractivity contribution >= 4 is 0 Å². The van der Waals surface area contributed by atoms with Gasteiger partial charge in [0.15, 0.2) is 11.8 Å². The summed E-state index contributed by atoms with van der Waals surface area (Å²) in [6.07, 6.45) is 3.95. The van der Waals surface area contributed by atoms with Crippen molar-refractivity contribution in [2.24, 2.45) is 0 Å². The zero-order valence-electron chi connectivity index (χ0n) is 9.44. The van der Waals surface area contributed by atoms with Gasteiger partial charge in [-0.25, -0.2) is 0 Å². The summed E-state index contributed by atoms with van der Waals surface area (Å²) >= 11 is 0. The first-order valence-corrected chi connectivity index (χ1v) is 6.03. The van der Waals surface area contributed by atoms with Gasteiger partial charge in [-0.3, -0.25) is 4.57 Å². The SMILES string of the molecule is CCCCn1c(O)c2c(c1O)C1CCC2O1. The monoisotopic (exact) mass is 223 g/mol. The highest BCUT2D eigenvalue weighted by molar-refractivity contribution is 5.51. The fourth-order valence-corrected chi connectivity index (χ4v) is 2.86. The lowest BCUT2D eigenvalue weighted by Crippen LogP contribution is -1.98. The Balaban J connectivity index is 2.03. The van der Waals surface area contributed by atoms with E-state index in [-0.39, 0.29) is 24.0 Å². The first-order valence-electron chi connectivity index (χ1n) is 6.03. The Morgan fingerprint density at radius 1 is 1.19 bits per heavy atom. The number of aromatic hydroxyl groups is 2. The maximum absolute atomic E-state index is 10.1. The van der Waals surface area contributed by atoms with E-state index in [0.29, 0.717) is 6.54 Å². The number of unbranched alkanes of at least 4 members (excludes halogenated alkanes) is 1. The fraction of sp³-hybridized carbons (Fsp3) is 0.667. The van der Waals surface area contributed by atoms with E-state index in [4.69, 9.17) is 4.74 Å². The topological polar surface area (TPSA) is 54.6 Å². The van der Waals surface area contributed by atoms with Crippen LogP contribution in [0.2, 0.25) is 0 Å². The van der Waals surface area contributed by atoms with Gasteiger partial charge in [0.1, 0.15) is 0 Å². The minimum absolute atomic E-state index is 0.00813. The first kappa shape index (κ1) is 10.0. The van der Waals surface area contributed by atoms with E-state index in [9.17, 15) is 10.2 Å². The van der Waals surface area contributed by atoms with E-state index in [1.54, 1.807) is 4.57 Å². The van der Waals surface area contributed by atoms with Gasteiger partial charge in [-0.15, -0.1) is 0 Å². The zero-order valence-corrected chi connectivity index (χ0v) is 9.44. The molecule has 2 unspecified atom stereocenters. The average molecular weight is 223 g/mol. The summed E-state index contributed by atoms with van der Waals surface area (Å²) in [6, 6.07) is 0. The second-order valence-corrected chi connectivity index (χ2v) is 4.67. The number of nitrogens with zero attached hydrogens (tertiary/aromatic N) is 1. The van der Waals surface area contributed by atoms with E-state index in [2.05, 4.69) is 6.92 Å². The van der Waals surface area contributed by atoms with Crippen LogP contribution < -0.4 is 0 Å². The third kappa shape index (κ3) is 1.13. The van der Waals surface area contributed by atoms with Crippen molar-refractivity contribution in [3.63, 3.8) is 0 Å². The van der Waals surface area contributed by atoms with Gasteiger partial charge in [0.05, 0.1) is 23.3 Å². The Bertz CT molecular complexity index is 391. The number of hydrogen-bond acceptors (Lipinski definition) is 3. The maximum atomic E-state index is 10.1. The fourth-order valence-electron chi connectivity index (χ4n) is 2.86. The van der Waals surface area contributed by atoms with E-state index in [1.165, 1.54) is 0 Å². The molecule has 2 N–H and O–H groups in total. The number of ether oxygens (including phenoxy) is 1. The Labute approximate surface area is 94.5 Å². The van der Waals surface area contributed by atoms with Crippen molar-refractivity contribution in [3.8, 4) is 11.8 Å². The van der Waals surface area contributed by atoms with E-state index >= 15 is 0 Å². The molecule has 0 saturated carbocycles. The molecular formula is C12H17NO3. The van der Waals surface area contributed by atoms with Gasteiger partial charge < -0.3 is 14.9 Å². The molecule has 4 heteroatoms. The highest BCUT2D eigenvalue weighted by Gasteiger charge is 2.45. The summed E-state index contributed by atoms with van der Waals surface area (Å²) in [5.74, 6) is 0.432. The summed E-state index contributed by atoms with van der Waals surface area (Å²) in [5.41, 5.74) is 1.68. The standard InChI is InChI=1S/C12H17NO3/c1-2-3-6-13-11(14)9-7-4-5-8(16-7)10(9)12(13)15/h7-8,14-15H,2-6H2,1H3. The van der Waals surface area contributed by atoms with Crippen LogP contribution in [0.15, 0.2) is 0 Å². The molecule has 1 fully saturated rings. The van der Waals surface area contributed by atoms with Crippen molar-refractivity contribution in [3.05, 3.63) is 11.1 Å². The molecule has 0 amide bonds. The van der Waals surface area contributed by atoms with Crippen LogP contribution in [0.1, 0.15) is 55.9 Å². The third-order valence-electron chi connectivity index (χ3n) is 3.68. The van der Waals surface area contributed by atoms with Gasteiger partial charge in [-0.2, -0.15) is 0 Å². The van der Waals surface area contributed by atoms with Crippen LogP contribution in [-0.2, 0) is 11.3 Å². The lowest BCUT2D eigenvalue weighted by molar-refractivity contribution is 0.0677. The van der Waals surface area contributed by atoms with E-state index in [1.807, 2.05) is 0 Å². The van der Waals surface area contributed by atoms with Crippen LogP contribution in [-0.4, -0.2) is 14.8 Å². The molecule has 88 valence electrons. The summed E-state index contributed by atoms with van der Waals surface area (Å²) < 4.78 is 7.30. The van der Waals surface area contributed by atoms with Crippen LogP contribution >= 0.6 is 0 Å². The van der Waals surface area contributed by atoms with Crippen LogP contribution in [0.4, 0.5) is 0 Å². The Morgan fingerprint density at radius 2 is 1.75 bits per heavy atom. The molecule has 0 radical (unpaired) electrons. The predicted octanol–water partition coefficient (Wildman–Crippen LogP) is 2.61. The minimum Gasteiger partial charge on any atom is -0.494 e. The van der Waals surface area contributed by atoms with Gasteiger partial charge in [-0.05, 0) is 19.3 Å². The molecule has 1 saturated heterocycles. The highest BCUT2D eigenvalue weighted by atomic mass is 16.5. The second-order valence-electron chi connectivity index (χ2n) is 4.67. The third-order valence-corrected chi connectivity index (χ3v) is 3.68. The van der Waals surface area contributed by atoms with Gasteiger partial charge in [0.2, 0.25) is 0 Å². The van der Waals surface area contributed by atoms with Crippen LogP contribution in [0.5, 0.6) is 11.8 Å². The molecule has 4 nitrogen and oxygen atoms in total. The normalized spacial score (nSPS) is 26.3. The van der Waals surface area contributed by atoms with Crippen molar-refractivity contribution in [2.45, 2.75) is 51.4 Å². The molecule has 2 atom stereocenters. The summed E-state index contributed by atoms with van der Waals surface area (Å²) in [7, 11) is 0. The maximum Gasteiger partial charge on any atom is 0.200 e. The zero-order chi connectivity index (χ0) is 11.3. The molecule has 2 bridgehead atoms. The number of rotatable bonds is 3. The van der Waals surface area contributed by atoms with Crippen LogP contribution in [0.25, 0.3) is 0 Å². The molecule has 0 spiro atoms. The Morgan fingerprint density at radius 3 is 2.25 bits per heavy atom. The molecule has 0 aromatic carbocycles. The van der Waals surface area contributed by atoms with E-state index < -0.39 is 0 Å². The smallest absolute Gasteiger partial charge is 0.200 e. The molecule has 16 heavy (non-hydrogen) atoms. The number of fused-ring (bicyclic) bond motifs is 5. The molecule has 3 heterocycles. The van der Waals surface area contributed by atoms with Crippen LogP contribution in [0.3, 0.4) is 0 Å². The Hall–Kier alpha value is -1.16. The lowest BCUT2D eigenvalue weighted by atomic mass is 9.95. The van der Waals surface area contributed by atoms with Crippen LogP contribution in [0, 0.1) is 0 Å². The summed E-state index contributed by atoms with van der Waals surface area (Å²) in [6.45, 7) is 2.78. The number of hydrogen-bond donors (Lipinski definition) is 2. The molecule has 1 aromatic heterocycles. The molecule has 2 aliphatic rings. The minimum atomic E-state index is 0.00813. The van der Waals surface area contributed by atoms with Gasteiger partial charge in [0.25, 0.3) is 0 Å². The van der Waals surface area contributed by atoms with Gasteiger partial charge in [0, 0.05) is 6.54 Å². The first-order chi connectivity index (χ1) is 7.74. The summed E-state index contributed by atoms with van der Waals surface area (Å²) in [5, 5.41) is 20.2. The van der Waals surface area contributed by atoms with E-state index in [0.717, 1.165) is 36.8 Å². The molecule has 0 aliphatic carbocycles. The molecule has 3 rings (SSSR count). The second kappa shape index (κ2) is 3.42. The van der Waals surface area contributed by atoms with Crippen molar-refractivity contribution in [1.29, 1.82) is 0 Å². The molecule has 1 aromatic rings. The highest BCUT2D eigenvalue weighted by Crippen LogP contribution is 2.57. The lowest BCUT2D eigenvalue weighted by Gasteiger charge is -2.09. The average Bonchev–Trinajstić information content (AvgIpc) is 2.92. The van der Waals surface area contributed by atoms with Gasteiger partial charge >= 0.3 is 0 Å². The molecular weight excluding hydrogens is 206 g/mol. The summed E-state index contributed by atoms with van der Waals surface area (Å²) in [4.78, 5) is 0. The molecule has 2 aliphatic heterocycles. The van der Waals surface area contributed by atoms with Crippen molar-refractivity contribution < 1.29 is 14.9 Å². The predicted molar refractivity (Wildman–Crippen MR) is 58.5 cm³/mol. The van der Waals surface area contributed by atoms with Gasteiger partial charge in [-0.1, -0.05) is 13.3 Å². The quantitative estimate of drug-likeness (QED) is 0.828.